The van der Waals surface area contributed by atoms with Crippen molar-refractivity contribution in [3.8, 4) is 5.75 Å². The Morgan fingerprint density at radius 2 is 1.37 bits per heavy atom. The van der Waals surface area contributed by atoms with Gasteiger partial charge in [0, 0.05) is 30.5 Å². The minimum Gasteiger partial charge on any atom is -0.492 e. The van der Waals surface area contributed by atoms with Gasteiger partial charge in [-0.15, -0.1) is 0 Å². The molecule has 1 saturated carbocycles. The van der Waals surface area contributed by atoms with Gasteiger partial charge in [0.15, 0.2) is 0 Å². The summed E-state index contributed by atoms with van der Waals surface area (Å²) in [5.74, 6) is 0.928. The summed E-state index contributed by atoms with van der Waals surface area (Å²) in [5.41, 5.74) is 3.64. The second-order valence-corrected chi connectivity index (χ2v) is 8.04. The van der Waals surface area contributed by atoms with E-state index in [9.17, 15) is 0 Å². The molecule has 3 nitrogen and oxygen atoms in total. The van der Waals surface area contributed by atoms with Crippen LogP contribution in [0.2, 0.25) is 0 Å². The van der Waals surface area contributed by atoms with E-state index < -0.39 is 0 Å². The van der Waals surface area contributed by atoms with Gasteiger partial charge >= 0.3 is 0 Å². The molecule has 1 aliphatic carbocycles. The van der Waals surface area contributed by atoms with Crippen molar-refractivity contribution in [2.75, 3.05) is 18.1 Å². The first-order chi connectivity index (χ1) is 14.9. The largest absolute Gasteiger partial charge is 0.492 e. The summed E-state index contributed by atoms with van der Waals surface area (Å²) >= 11 is 0. The number of nitrogens with zero attached hydrogens (tertiary/aromatic N) is 1. The van der Waals surface area contributed by atoms with Crippen molar-refractivity contribution in [3.05, 3.63) is 90.5 Å². The lowest BCUT2D eigenvalue weighted by atomic mass is 9.96. The molecule has 4 rings (SSSR count). The van der Waals surface area contributed by atoms with Gasteiger partial charge in [-0.1, -0.05) is 67.8 Å². The van der Waals surface area contributed by atoms with E-state index in [4.69, 9.17) is 4.74 Å². The predicted octanol–water partition coefficient (Wildman–Crippen LogP) is 6.33. The quantitative estimate of drug-likeness (QED) is 0.425. The molecule has 3 aromatic carbocycles. The number of benzene rings is 3. The molecule has 0 radical (unpaired) electrons. The van der Waals surface area contributed by atoms with E-state index in [0.29, 0.717) is 12.6 Å². The lowest BCUT2D eigenvalue weighted by molar-refractivity contribution is 0.289. The number of ether oxygens (including phenoxy) is 1. The third-order valence-electron chi connectivity index (χ3n) is 5.81. The van der Waals surface area contributed by atoms with E-state index in [2.05, 4.69) is 95.1 Å². The van der Waals surface area contributed by atoms with Crippen molar-refractivity contribution < 1.29 is 4.74 Å². The highest BCUT2D eigenvalue weighted by Crippen LogP contribution is 2.29. The molecule has 30 heavy (non-hydrogen) atoms. The Labute approximate surface area is 180 Å². The average Bonchev–Trinajstić information content (AvgIpc) is 2.83. The lowest BCUT2D eigenvalue weighted by Gasteiger charge is -2.25. The van der Waals surface area contributed by atoms with E-state index in [0.717, 1.165) is 24.5 Å². The molecular formula is C27H32N2O. The number of anilines is 2. The van der Waals surface area contributed by atoms with Gasteiger partial charge in [-0.05, 0) is 54.8 Å². The molecule has 0 bridgehead atoms. The van der Waals surface area contributed by atoms with E-state index >= 15 is 0 Å². The third-order valence-corrected chi connectivity index (χ3v) is 5.81. The maximum Gasteiger partial charge on any atom is 0.119 e. The summed E-state index contributed by atoms with van der Waals surface area (Å²) in [6, 6.07) is 30.3. The molecule has 3 heteroatoms. The van der Waals surface area contributed by atoms with Gasteiger partial charge in [0.25, 0.3) is 0 Å². The first kappa shape index (κ1) is 20.5. The molecule has 0 unspecified atom stereocenters. The van der Waals surface area contributed by atoms with E-state index in [1.54, 1.807) is 0 Å². The van der Waals surface area contributed by atoms with Crippen LogP contribution in [0.15, 0.2) is 84.9 Å². The molecule has 1 fully saturated rings. The summed E-state index contributed by atoms with van der Waals surface area (Å²) in [4.78, 5) is 2.34. The van der Waals surface area contributed by atoms with Crippen LogP contribution in [0.3, 0.4) is 0 Å². The molecule has 1 N–H and O–H groups in total. The first-order valence-electron chi connectivity index (χ1n) is 11.2. The van der Waals surface area contributed by atoms with Crippen molar-refractivity contribution >= 4 is 11.4 Å². The van der Waals surface area contributed by atoms with E-state index in [1.807, 2.05) is 0 Å². The minimum absolute atomic E-state index is 0.683. The van der Waals surface area contributed by atoms with Gasteiger partial charge in [-0.2, -0.15) is 0 Å². The smallest absolute Gasteiger partial charge is 0.119 e. The van der Waals surface area contributed by atoms with Crippen molar-refractivity contribution in [2.45, 2.75) is 44.7 Å². The van der Waals surface area contributed by atoms with Gasteiger partial charge in [-0.3, -0.25) is 0 Å². The number of rotatable bonds is 9. The minimum atomic E-state index is 0.683. The summed E-state index contributed by atoms with van der Waals surface area (Å²) in [5, 5.41) is 3.64. The molecule has 0 atom stereocenters. The maximum atomic E-state index is 5.97. The summed E-state index contributed by atoms with van der Waals surface area (Å²) in [7, 11) is 0. The molecular weight excluding hydrogens is 368 g/mol. The van der Waals surface area contributed by atoms with E-state index in [-0.39, 0.29) is 0 Å². The number of hydrogen-bond acceptors (Lipinski definition) is 3. The summed E-state index contributed by atoms with van der Waals surface area (Å²) in [6.45, 7) is 2.45. The zero-order valence-corrected chi connectivity index (χ0v) is 17.7. The fourth-order valence-electron chi connectivity index (χ4n) is 4.17. The molecule has 0 spiro atoms. The van der Waals surface area contributed by atoms with Crippen LogP contribution in [0.25, 0.3) is 0 Å². The van der Waals surface area contributed by atoms with Crippen molar-refractivity contribution in [1.29, 1.82) is 0 Å². The predicted molar refractivity (Wildman–Crippen MR) is 126 cm³/mol. The molecule has 0 aliphatic heterocycles. The topological polar surface area (TPSA) is 24.5 Å². The number of para-hydroxylation sites is 1. The highest BCUT2D eigenvalue weighted by Gasteiger charge is 2.12. The first-order valence-corrected chi connectivity index (χ1v) is 11.2. The van der Waals surface area contributed by atoms with Gasteiger partial charge in [0.1, 0.15) is 12.4 Å². The molecule has 0 aromatic heterocycles. The zero-order chi connectivity index (χ0) is 20.4. The van der Waals surface area contributed by atoms with Crippen molar-refractivity contribution in [2.24, 2.45) is 0 Å². The van der Waals surface area contributed by atoms with Crippen LogP contribution < -0.4 is 15.0 Å². The van der Waals surface area contributed by atoms with E-state index in [1.165, 1.54) is 43.4 Å². The van der Waals surface area contributed by atoms with Crippen molar-refractivity contribution in [1.82, 2.24) is 5.32 Å². The fraction of sp³-hybridized carbons (Fsp3) is 0.333. The fourth-order valence-corrected chi connectivity index (χ4v) is 4.17. The highest BCUT2D eigenvalue weighted by molar-refractivity contribution is 5.64. The monoisotopic (exact) mass is 400 g/mol. The summed E-state index contributed by atoms with van der Waals surface area (Å²) in [6.07, 6.45) is 6.74. The average molecular weight is 401 g/mol. The molecule has 0 saturated heterocycles. The lowest BCUT2D eigenvalue weighted by Crippen LogP contribution is -2.34. The van der Waals surface area contributed by atoms with Gasteiger partial charge in [0.2, 0.25) is 0 Å². The maximum absolute atomic E-state index is 5.97. The Morgan fingerprint density at radius 1 is 0.733 bits per heavy atom. The SMILES string of the molecule is c1ccc(CN(c2ccccc2)c2ccc(OCCNC3CCCCC3)cc2)cc1. The van der Waals surface area contributed by atoms with Crippen LogP contribution in [0.5, 0.6) is 5.75 Å². The Bertz CT molecular complexity index is 858. The number of hydrogen-bond donors (Lipinski definition) is 1. The van der Waals surface area contributed by atoms with Crippen LogP contribution in [0, 0.1) is 0 Å². The van der Waals surface area contributed by atoms with Gasteiger partial charge in [0.05, 0.1) is 0 Å². The Hall–Kier alpha value is -2.78. The number of nitrogens with one attached hydrogen (secondary N) is 1. The normalized spacial score (nSPS) is 14.4. The zero-order valence-electron chi connectivity index (χ0n) is 17.7. The second kappa shape index (κ2) is 10.8. The second-order valence-electron chi connectivity index (χ2n) is 8.04. The Morgan fingerprint density at radius 3 is 2.07 bits per heavy atom. The third kappa shape index (κ3) is 5.87. The molecule has 1 aliphatic rings. The van der Waals surface area contributed by atoms with Crippen LogP contribution in [0.4, 0.5) is 11.4 Å². The Kier molecular flexibility index (Phi) is 7.41. The van der Waals surface area contributed by atoms with Crippen molar-refractivity contribution in [3.63, 3.8) is 0 Å². The standard InChI is InChI=1S/C27H32N2O/c1-4-10-23(11-5-1)22-29(25-14-8-3-9-15-25)26-16-18-27(19-17-26)30-21-20-28-24-12-6-2-7-13-24/h1,3-5,8-11,14-19,24,28H,2,6-7,12-13,20-22H2. The van der Waals surface area contributed by atoms with Crippen LogP contribution in [0.1, 0.15) is 37.7 Å². The Balaban J connectivity index is 1.37. The van der Waals surface area contributed by atoms with Crippen LogP contribution in [-0.4, -0.2) is 19.2 Å². The molecule has 0 heterocycles. The molecule has 156 valence electrons. The molecule has 0 amide bonds. The summed E-state index contributed by atoms with van der Waals surface area (Å²) < 4.78 is 5.97. The van der Waals surface area contributed by atoms with Gasteiger partial charge < -0.3 is 15.0 Å². The highest BCUT2D eigenvalue weighted by atomic mass is 16.5. The van der Waals surface area contributed by atoms with Gasteiger partial charge in [-0.25, -0.2) is 0 Å². The van der Waals surface area contributed by atoms with Crippen LogP contribution >= 0.6 is 0 Å². The molecule has 3 aromatic rings. The van der Waals surface area contributed by atoms with Crippen LogP contribution in [-0.2, 0) is 6.54 Å².